The summed E-state index contributed by atoms with van der Waals surface area (Å²) in [5.41, 5.74) is 5.34. The molecule has 1 unspecified atom stereocenters. The van der Waals surface area contributed by atoms with E-state index in [1.807, 2.05) is 90.0 Å². The zero-order chi connectivity index (χ0) is 29.8. The number of ether oxygens (including phenoxy) is 2. The smallest absolute Gasteiger partial charge is 0.411 e. The number of carbonyl (C=O) groups is 2. The normalized spacial score (nSPS) is 19.3. The highest BCUT2D eigenvalue weighted by molar-refractivity contribution is 6.04. The Hall–Kier alpha value is -5.37. The van der Waals surface area contributed by atoms with Gasteiger partial charge in [-0.15, -0.1) is 0 Å². The Bertz CT molecular complexity index is 1860. The maximum atomic E-state index is 14.2. The Balaban J connectivity index is 1.45. The summed E-state index contributed by atoms with van der Waals surface area (Å²) in [5, 5.41) is 4.69. The number of pyridine rings is 1. The predicted molar refractivity (Wildman–Crippen MR) is 168 cm³/mol. The number of nitrogens with one attached hydrogen (secondary N) is 2. The minimum absolute atomic E-state index is 0.139. The molecule has 1 fully saturated rings. The Labute approximate surface area is 249 Å². The first-order chi connectivity index (χ1) is 21.1. The van der Waals surface area contributed by atoms with Gasteiger partial charge in [0.05, 0.1) is 37.2 Å². The van der Waals surface area contributed by atoms with Crippen LogP contribution in [-0.2, 0) is 4.74 Å². The first-order valence-electron chi connectivity index (χ1n) is 14.2. The van der Waals surface area contributed by atoms with Crippen LogP contribution in [0.4, 0.5) is 10.5 Å². The topological polar surface area (TPSA) is 96.5 Å². The zero-order valence-corrected chi connectivity index (χ0v) is 24.0. The molecule has 3 heterocycles. The SMILES string of the molecule is COC(=O)Nc1ccc(C2=C/C=C/C=c3\[nH]cc(-c4ccccc4OC)\c3=C\2)cc1C(=O)N1CCCC1c1ccccn1. The third kappa shape index (κ3) is 5.59. The first-order valence-corrected chi connectivity index (χ1v) is 14.2. The van der Waals surface area contributed by atoms with Crippen molar-refractivity contribution < 1.29 is 19.1 Å². The second-order valence-corrected chi connectivity index (χ2v) is 10.3. The quantitative estimate of drug-likeness (QED) is 0.320. The van der Waals surface area contributed by atoms with Gasteiger partial charge in [0.1, 0.15) is 5.75 Å². The van der Waals surface area contributed by atoms with E-state index in [1.165, 1.54) is 7.11 Å². The summed E-state index contributed by atoms with van der Waals surface area (Å²) in [5.74, 6) is 0.605. The molecule has 8 heteroatoms. The Morgan fingerprint density at radius 3 is 2.65 bits per heavy atom. The maximum absolute atomic E-state index is 14.2. The summed E-state index contributed by atoms with van der Waals surface area (Å²) >= 11 is 0. The first kappa shape index (κ1) is 27.8. The largest absolute Gasteiger partial charge is 0.496 e. The molecule has 1 aliphatic carbocycles. The molecule has 6 rings (SSSR count). The summed E-state index contributed by atoms with van der Waals surface area (Å²) < 4.78 is 10.5. The molecule has 0 saturated carbocycles. The summed E-state index contributed by atoms with van der Waals surface area (Å²) in [4.78, 5) is 36.2. The molecule has 1 saturated heterocycles. The fourth-order valence-electron chi connectivity index (χ4n) is 5.74. The van der Waals surface area contributed by atoms with E-state index in [0.717, 1.165) is 57.1 Å². The number of fused-ring (bicyclic) bond motifs is 1. The standard InChI is InChI=1S/C35H32N4O4/c1-42-33-15-6-4-11-25(33)28-22-37-29-12-5-3-10-23(20-26(28)29)24-16-17-30(38-35(41)43-2)27(21-24)34(40)39-19-9-14-32(39)31-13-7-8-18-36-31/h3-8,10-13,15-18,20-22,32,37H,9,14,19H2,1-2H3,(H,38,41)/b5-3+,10-3?,12-5?,23-10+,23-20?,26-20-,29-12-. The molecular weight excluding hydrogens is 540 g/mol. The lowest BCUT2D eigenvalue weighted by atomic mass is 9.97. The number of carbonyl (C=O) groups excluding carboxylic acids is 2. The second kappa shape index (κ2) is 12.2. The molecule has 0 radical (unpaired) electrons. The van der Waals surface area contributed by atoms with Crippen LogP contribution < -0.4 is 20.6 Å². The van der Waals surface area contributed by atoms with E-state index in [4.69, 9.17) is 9.47 Å². The molecule has 2 aliphatic rings. The van der Waals surface area contributed by atoms with E-state index in [1.54, 1.807) is 19.4 Å². The van der Waals surface area contributed by atoms with Crippen molar-refractivity contribution in [1.29, 1.82) is 0 Å². The van der Waals surface area contributed by atoms with Gasteiger partial charge < -0.3 is 19.4 Å². The molecule has 43 heavy (non-hydrogen) atoms. The number of H-pyrrole nitrogens is 1. The van der Waals surface area contributed by atoms with E-state index < -0.39 is 6.09 Å². The number of hydrogen-bond donors (Lipinski definition) is 2. The highest BCUT2D eigenvalue weighted by atomic mass is 16.5. The minimum Gasteiger partial charge on any atom is -0.496 e. The van der Waals surface area contributed by atoms with Crippen LogP contribution in [0.3, 0.4) is 0 Å². The number of aromatic amines is 1. The van der Waals surface area contributed by atoms with Crippen LogP contribution in [0.15, 0.2) is 91.3 Å². The Kier molecular flexibility index (Phi) is 7.91. The summed E-state index contributed by atoms with van der Waals surface area (Å²) in [6, 6.07) is 19.0. The van der Waals surface area contributed by atoms with Crippen molar-refractivity contribution in [3.05, 3.63) is 119 Å². The van der Waals surface area contributed by atoms with Crippen molar-refractivity contribution in [3.63, 3.8) is 0 Å². The predicted octanol–water partition coefficient (Wildman–Crippen LogP) is 5.46. The second-order valence-electron chi connectivity index (χ2n) is 10.3. The molecule has 2 aromatic carbocycles. The molecule has 2 aromatic heterocycles. The van der Waals surface area contributed by atoms with Gasteiger partial charge in [-0.05, 0) is 66.5 Å². The maximum Gasteiger partial charge on any atom is 0.411 e. The number of nitrogens with zero attached hydrogens (tertiary/aromatic N) is 2. The van der Waals surface area contributed by atoms with Crippen molar-refractivity contribution in [3.8, 4) is 16.9 Å². The molecule has 8 nitrogen and oxygen atoms in total. The van der Waals surface area contributed by atoms with E-state index in [2.05, 4.69) is 21.4 Å². The van der Waals surface area contributed by atoms with Gasteiger partial charge in [-0.25, -0.2) is 4.79 Å². The molecular formula is C35H32N4O4. The van der Waals surface area contributed by atoms with Crippen LogP contribution >= 0.6 is 0 Å². The number of amides is 2. The molecule has 2 N–H and O–H groups in total. The Morgan fingerprint density at radius 1 is 1.00 bits per heavy atom. The van der Waals surface area contributed by atoms with Crippen LogP contribution in [0.1, 0.15) is 40.5 Å². The Morgan fingerprint density at radius 2 is 1.84 bits per heavy atom. The van der Waals surface area contributed by atoms with Gasteiger partial charge in [0, 0.05) is 40.6 Å². The highest BCUT2D eigenvalue weighted by Crippen LogP contribution is 2.34. The average molecular weight is 573 g/mol. The van der Waals surface area contributed by atoms with Crippen LogP contribution in [0.2, 0.25) is 0 Å². The minimum atomic E-state index is -0.641. The number of para-hydroxylation sites is 1. The van der Waals surface area contributed by atoms with Crippen LogP contribution in [0, 0.1) is 0 Å². The number of methoxy groups -OCH3 is 2. The van der Waals surface area contributed by atoms with E-state index in [0.29, 0.717) is 17.8 Å². The van der Waals surface area contributed by atoms with Gasteiger partial charge in [0.15, 0.2) is 0 Å². The lowest BCUT2D eigenvalue weighted by Crippen LogP contribution is -2.32. The van der Waals surface area contributed by atoms with E-state index in [9.17, 15) is 9.59 Å². The molecule has 2 amide bonds. The highest BCUT2D eigenvalue weighted by Gasteiger charge is 2.33. The van der Waals surface area contributed by atoms with Crippen molar-refractivity contribution in [2.75, 3.05) is 26.1 Å². The number of anilines is 1. The van der Waals surface area contributed by atoms with Gasteiger partial charge in [-0.3, -0.25) is 15.1 Å². The zero-order valence-electron chi connectivity index (χ0n) is 24.0. The fourth-order valence-corrected chi connectivity index (χ4v) is 5.74. The number of likely N-dealkylation sites (tertiary alicyclic amines) is 1. The summed E-state index contributed by atoms with van der Waals surface area (Å²) in [6.45, 7) is 0.602. The fraction of sp³-hybridized carbons (Fsp3) is 0.171. The van der Waals surface area contributed by atoms with Crippen molar-refractivity contribution in [2.24, 2.45) is 0 Å². The number of allylic oxidation sites excluding steroid dienone is 4. The molecule has 4 aromatic rings. The van der Waals surface area contributed by atoms with Crippen molar-refractivity contribution in [2.45, 2.75) is 18.9 Å². The molecule has 0 bridgehead atoms. The summed E-state index contributed by atoms with van der Waals surface area (Å²) in [7, 11) is 2.97. The number of rotatable bonds is 6. The third-order valence-corrected chi connectivity index (χ3v) is 7.85. The molecule has 0 spiro atoms. The van der Waals surface area contributed by atoms with Gasteiger partial charge in [-0.2, -0.15) is 0 Å². The molecule has 1 atom stereocenters. The van der Waals surface area contributed by atoms with Gasteiger partial charge >= 0.3 is 6.09 Å². The van der Waals surface area contributed by atoms with Crippen LogP contribution in [0.25, 0.3) is 28.9 Å². The van der Waals surface area contributed by atoms with Gasteiger partial charge in [-0.1, -0.05) is 48.6 Å². The molecule has 216 valence electrons. The lowest BCUT2D eigenvalue weighted by molar-refractivity contribution is 0.0734. The van der Waals surface area contributed by atoms with Crippen LogP contribution in [0.5, 0.6) is 5.75 Å². The van der Waals surface area contributed by atoms with Crippen LogP contribution in [-0.4, -0.2) is 47.6 Å². The van der Waals surface area contributed by atoms with Crippen molar-refractivity contribution >= 4 is 35.4 Å². The number of hydrogen-bond acceptors (Lipinski definition) is 5. The van der Waals surface area contributed by atoms with E-state index in [-0.39, 0.29) is 11.9 Å². The summed E-state index contributed by atoms with van der Waals surface area (Å²) in [6.07, 6.45) is 14.9. The van der Waals surface area contributed by atoms with Gasteiger partial charge in [0.25, 0.3) is 5.91 Å². The van der Waals surface area contributed by atoms with Gasteiger partial charge in [0.2, 0.25) is 0 Å². The lowest BCUT2D eigenvalue weighted by Gasteiger charge is -2.25. The number of aromatic nitrogens is 2. The monoisotopic (exact) mass is 572 g/mol. The average Bonchev–Trinajstić information content (AvgIpc) is 3.68. The third-order valence-electron chi connectivity index (χ3n) is 7.85. The van der Waals surface area contributed by atoms with E-state index >= 15 is 0 Å². The molecule has 1 aliphatic heterocycles. The van der Waals surface area contributed by atoms with Crippen molar-refractivity contribution in [1.82, 2.24) is 14.9 Å². The number of benzene rings is 2.